The molecule has 0 unspecified atom stereocenters. The number of anilines is 1. The van der Waals surface area contributed by atoms with Gasteiger partial charge >= 0.3 is 10.1 Å². The van der Waals surface area contributed by atoms with Crippen molar-refractivity contribution in [3.05, 3.63) is 30.3 Å². The molecule has 32 heavy (non-hydrogen) atoms. The molecule has 2 aromatic carbocycles. The van der Waals surface area contributed by atoms with Gasteiger partial charge in [-0.25, -0.2) is 0 Å². The minimum Gasteiger partial charge on any atom is -0.495 e. The van der Waals surface area contributed by atoms with Crippen LogP contribution in [0, 0.1) is 5.92 Å². The van der Waals surface area contributed by atoms with Crippen molar-refractivity contribution in [3.8, 4) is 28.7 Å². The lowest BCUT2D eigenvalue weighted by atomic mass is 10.0. The quantitative estimate of drug-likeness (QED) is 0.504. The van der Waals surface area contributed by atoms with Gasteiger partial charge in [-0.15, -0.1) is 0 Å². The van der Waals surface area contributed by atoms with E-state index in [0.717, 1.165) is 0 Å². The molecular formula is C21H28N2O8S. The van der Waals surface area contributed by atoms with Crippen LogP contribution in [0.5, 0.6) is 28.7 Å². The normalized spacial score (nSPS) is 12.1. The number of rotatable bonds is 10. The molecule has 176 valence electrons. The molecule has 10 nitrogen and oxygen atoms in total. The van der Waals surface area contributed by atoms with Gasteiger partial charge in [0, 0.05) is 12.1 Å². The Labute approximate surface area is 187 Å². The monoisotopic (exact) mass is 468 g/mol. The summed E-state index contributed by atoms with van der Waals surface area (Å²) in [5, 5.41) is 2.61. The number of hydrogen-bond acceptors (Lipinski definition) is 9. The average molecular weight is 469 g/mol. The largest absolute Gasteiger partial charge is 0.495 e. The fraction of sp³-hybridized carbons (Fsp3) is 0.381. The second kappa shape index (κ2) is 10.4. The van der Waals surface area contributed by atoms with Gasteiger partial charge in [-0.3, -0.25) is 4.79 Å². The van der Waals surface area contributed by atoms with Crippen LogP contribution >= 0.6 is 0 Å². The van der Waals surface area contributed by atoms with Crippen LogP contribution in [-0.4, -0.2) is 48.8 Å². The number of carbonyl (C=O) groups excluding carboxylic acids is 1. The van der Waals surface area contributed by atoms with Gasteiger partial charge in [0.2, 0.25) is 11.7 Å². The highest BCUT2D eigenvalue weighted by atomic mass is 32.2. The first-order valence-corrected chi connectivity index (χ1v) is 11.0. The van der Waals surface area contributed by atoms with E-state index in [0.29, 0.717) is 0 Å². The highest BCUT2D eigenvalue weighted by molar-refractivity contribution is 7.87. The summed E-state index contributed by atoms with van der Waals surface area (Å²) < 4.78 is 52.0. The average Bonchev–Trinajstić information content (AvgIpc) is 2.77. The minimum atomic E-state index is -4.29. The minimum absolute atomic E-state index is 0.0530. The van der Waals surface area contributed by atoms with Gasteiger partial charge < -0.3 is 34.2 Å². The van der Waals surface area contributed by atoms with E-state index in [9.17, 15) is 13.2 Å². The van der Waals surface area contributed by atoms with E-state index in [1.165, 1.54) is 58.8 Å². The lowest BCUT2D eigenvalue weighted by Gasteiger charge is -2.18. The van der Waals surface area contributed by atoms with Gasteiger partial charge in [0.1, 0.15) is 10.6 Å². The van der Waals surface area contributed by atoms with E-state index >= 15 is 0 Å². The molecule has 0 spiro atoms. The Bertz CT molecular complexity index is 1040. The number of ether oxygens (including phenoxy) is 4. The zero-order valence-electron chi connectivity index (χ0n) is 18.8. The third kappa shape index (κ3) is 5.54. The predicted molar refractivity (Wildman–Crippen MR) is 118 cm³/mol. The number of nitrogens with two attached hydrogens (primary N) is 1. The molecular weight excluding hydrogens is 440 g/mol. The second-order valence-electron chi connectivity index (χ2n) is 7.02. The molecule has 0 saturated carbocycles. The first kappa shape index (κ1) is 25.1. The van der Waals surface area contributed by atoms with Gasteiger partial charge in [0.15, 0.2) is 17.2 Å². The smallest absolute Gasteiger partial charge is 0.339 e. The molecule has 0 bridgehead atoms. The van der Waals surface area contributed by atoms with E-state index in [1.54, 1.807) is 13.8 Å². The van der Waals surface area contributed by atoms with E-state index in [2.05, 4.69) is 5.32 Å². The Hall–Kier alpha value is -3.18. The van der Waals surface area contributed by atoms with E-state index in [1.807, 2.05) is 0 Å². The zero-order chi connectivity index (χ0) is 24.1. The van der Waals surface area contributed by atoms with Crippen LogP contribution in [0.3, 0.4) is 0 Å². The van der Waals surface area contributed by atoms with Gasteiger partial charge in [-0.1, -0.05) is 13.8 Å². The number of carbonyl (C=O) groups is 1. The highest BCUT2D eigenvalue weighted by Crippen LogP contribution is 2.41. The van der Waals surface area contributed by atoms with Crippen molar-refractivity contribution in [3.63, 3.8) is 0 Å². The molecule has 0 fully saturated rings. The van der Waals surface area contributed by atoms with Crippen molar-refractivity contribution >= 4 is 21.7 Å². The number of nitrogens with one attached hydrogen (secondary N) is 1. The van der Waals surface area contributed by atoms with Crippen LogP contribution in [0.1, 0.15) is 13.8 Å². The van der Waals surface area contributed by atoms with Crippen LogP contribution in [-0.2, 0) is 14.9 Å². The summed E-state index contributed by atoms with van der Waals surface area (Å²) in [4.78, 5) is 12.2. The first-order chi connectivity index (χ1) is 15.1. The molecule has 0 aromatic heterocycles. The molecule has 0 aliphatic heterocycles. The molecule has 0 saturated heterocycles. The molecule has 11 heteroatoms. The van der Waals surface area contributed by atoms with Crippen LogP contribution in [0.4, 0.5) is 5.69 Å². The predicted octanol–water partition coefficient (Wildman–Crippen LogP) is 2.41. The maximum Gasteiger partial charge on any atom is 0.339 e. The van der Waals surface area contributed by atoms with Crippen LogP contribution in [0.2, 0.25) is 0 Å². The lowest BCUT2D eigenvalue weighted by molar-refractivity contribution is -0.118. The summed E-state index contributed by atoms with van der Waals surface area (Å²) in [5.41, 5.74) is 6.02. The van der Waals surface area contributed by atoms with Gasteiger partial charge in [0.05, 0.1) is 40.2 Å². The van der Waals surface area contributed by atoms with Crippen LogP contribution < -0.4 is 34.2 Å². The van der Waals surface area contributed by atoms with Crippen LogP contribution in [0.25, 0.3) is 0 Å². The van der Waals surface area contributed by atoms with Crippen molar-refractivity contribution in [2.75, 3.05) is 33.8 Å². The Balaban J connectivity index is 2.42. The van der Waals surface area contributed by atoms with Crippen molar-refractivity contribution in [2.45, 2.75) is 24.8 Å². The molecule has 1 amide bonds. The molecule has 0 aliphatic rings. The topological polar surface area (TPSA) is 135 Å². The number of hydrogen-bond donors (Lipinski definition) is 2. The molecule has 2 rings (SSSR count). The molecule has 0 heterocycles. The number of methoxy groups -OCH3 is 4. The third-order valence-corrected chi connectivity index (χ3v) is 5.83. The fourth-order valence-corrected chi connectivity index (χ4v) is 3.68. The summed E-state index contributed by atoms with van der Waals surface area (Å²) in [5.74, 6) is 0.360. The summed E-state index contributed by atoms with van der Waals surface area (Å²) in [6.07, 6.45) is 0. The van der Waals surface area contributed by atoms with Gasteiger partial charge in [0.25, 0.3) is 0 Å². The number of amides is 1. The highest BCUT2D eigenvalue weighted by Gasteiger charge is 2.24. The summed E-state index contributed by atoms with van der Waals surface area (Å²) >= 11 is 0. The summed E-state index contributed by atoms with van der Waals surface area (Å²) in [7, 11) is 1.33. The second-order valence-corrected chi connectivity index (χ2v) is 8.57. The molecule has 3 N–H and O–H groups in total. The SMILES string of the molecule is COc1ccc(S(=O)(=O)Oc2cc(OC)c(OC)c(OC)c2)cc1NC(=O)[C@H](N)C(C)C. The maximum absolute atomic E-state index is 12.9. The Morgan fingerprint density at radius 1 is 0.906 bits per heavy atom. The molecule has 2 aromatic rings. The molecule has 1 atom stereocenters. The Morgan fingerprint density at radius 2 is 1.47 bits per heavy atom. The van der Waals surface area contributed by atoms with Crippen molar-refractivity contribution in [2.24, 2.45) is 11.7 Å². The van der Waals surface area contributed by atoms with Crippen LogP contribution in [0.15, 0.2) is 35.2 Å². The number of benzene rings is 2. The van der Waals surface area contributed by atoms with Crippen molar-refractivity contribution < 1.29 is 36.3 Å². The van der Waals surface area contributed by atoms with E-state index in [4.69, 9.17) is 28.9 Å². The van der Waals surface area contributed by atoms with Gasteiger partial charge in [-0.05, 0) is 24.1 Å². The Morgan fingerprint density at radius 3 is 1.94 bits per heavy atom. The third-order valence-electron chi connectivity index (χ3n) is 4.58. The van der Waals surface area contributed by atoms with E-state index in [-0.39, 0.29) is 45.2 Å². The summed E-state index contributed by atoms with van der Waals surface area (Å²) in [6, 6.07) is 5.86. The van der Waals surface area contributed by atoms with Crippen molar-refractivity contribution in [1.82, 2.24) is 0 Å². The molecule has 0 radical (unpaired) electrons. The van der Waals surface area contributed by atoms with Gasteiger partial charge in [-0.2, -0.15) is 8.42 Å². The Kier molecular flexibility index (Phi) is 8.17. The van der Waals surface area contributed by atoms with Crippen molar-refractivity contribution in [1.29, 1.82) is 0 Å². The first-order valence-electron chi connectivity index (χ1n) is 9.56. The standard InChI is InChI=1S/C21H28N2O8S/c1-12(2)19(22)21(24)23-15-11-14(7-8-16(15)27-3)32(25,26)31-13-9-17(28-4)20(30-6)18(10-13)29-5/h7-12,19H,22H2,1-6H3,(H,23,24)/t19-/m1/s1. The van der Waals surface area contributed by atoms with E-state index < -0.39 is 22.1 Å². The lowest BCUT2D eigenvalue weighted by Crippen LogP contribution is -2.39. The molecule has 0 aliphatic carbocycles. The zero-order valence-corrected chi connectivity index (χ0v) is 19.6. The summed E-state index contributed by atoms with van der Waals surface area (Å²) in [6.45, 7) is 3.60. The maximum atomic E-state index is 12.9. The fourth-order valence-electron chi connectivity index (χ4n) is 2.74.